The topological polar surface area (TPSA) is 88.1 Å². The Kier molecular flexibility index (Phi) is 5.83. The highest BCUT2D eigenvalue weighted by Gasteiger charge is 2.17. The minimum absolute atomic E-state index is 0.118. The number of rotatable bonds is 6. The largest absolute Gasteiger partial charge is 0.495 e. The number of carbonyl (C=O) groups excluding carboxylic acids is 1. The van der Waals surface area contributed by atoms with Gasteiger partial charge in [-0.1, -0.05) is 13.3 Å². The van der Waals surface area contributed by atoms with Gasteiger partial charge >= 0.3 is 0 Å². The van der Waals surface area contributed by atoms with Crippen molar-refractivity contribution in [2.45, 2.75) is 19.8 Å². The van der Waals surface area contributed by atoms with Crippen molar-refractivity contribution >= 4 is 11.6 Å². The molecule has 0 saturated carbocycles. The summed E-state index contributed by atoms with van der Waals surface area (Å²) in [5.74, 6) is 0.150. The van der Waals surface area contributed by atoms with Crippen molar-refractivity contribution in [3.63, 3.8) is 0 Å². The lowest BCUT2D eigenvalue weighted by Crippen LogP contribution is -2.29. The predicted octanol–water partition coefficient (Wildman–Crippen LogP) is 1.88. The minimum Gasteiger partial charge on any atom is -0.495 e. The van der Waals surface area contributed by atoms with E-state index in [1.807, 2.05) is 13.0 Å². The molecule has 0 fully saturated rings. The van der Waals surface area contributed by atoms with Gasteiger partial charge in [0.05, 0.1) is 30.3 Å². The van der Waals surface area contributed by atoms with Gasteiger partial charge in [-0.15, -0.1) is 0 Å². The van der Waals surface area contributed by atoms with Crippen molar-refractivity contribution in [2.24, 2.45) is 11.7 Å². The van der Waals surface area contributed by atoms with Crippen LogP contribution in [0.5, 0.6) is 5.75 Å². The molecule has 0 aliphatic carbocycles. The van der Waals surface area contributed by atoms with Gasteiger partial charge in [0, 0.05) is 12.6 Å². The molecular weight excluding hydrogens is 242 g/mol. The highest BCUT2D eigenvalue weighted by molar-refractivity contribution is 5.94. The summed E-state index contributed by atoms with van der Waals surface area (Å²) >= 11 is 0. The van der Waals surface area contributed by atoms with Gasteiger partial charge in [-0.2, -0.15) is 5.26 Å². The zero-order valence-corrected chi connectivity index (χ0v) is 11.3. The van der Waals surface area contributed by atoms with Crippen LogP contribution in [0.15, 0.2) is 18.2 Å². The van der Waals surface area contributed by atoms with Gasteiger partial charge in [0.2, 0.25) is 5.91 Å². The number of hydrogen-bond donors (Lipinski definition) is 2. The summed E-state index contributed by atoms with van der Waals surface area (Å²) in [6, 6.07) is 6.91. The fraction of sp³-hybridized carbons (Fsp3) is 0.429. The quantitative estimate of drug-likeness (QED) is 0.818. The number of nitrogens with zero attached hydrogens (tertiary/aromatic N) is 1. The van der Waals surface area contributed by atoms with Gasteiger partial charge in [0.25, 0.3) is 0 Å². The molecule has 1 atom stereocenters. The van der Waals surface area contributed by atoms with Crippen LogP contribution in [0.25, 0.3) is 0 Å². The van der Waals surface area contributed by atoms with E-state index < -0.39 is 0 Å². The van der Waals surface area contributed by atoms with Gasteiger partial charge in [-0.3, -0.25) is 4.79 Å². The van der Waals surface area contributed by atoms with Crippen molar-refractivity contribution < 1.29 is 9.53 Å². The van der Waals surface area contributed by atoms with Crippen LogP contribution in [-0.2, 0) is 4.79 Å². The summed E-state index contributed by atoms with van der Waals surface area (Å²) in [6.45, 7) is 2.33. The fourth-order valence-corrected chi connectivity index (χ4v) is 1.80. The molecule has 102 valence electrons. The molecule has 0 radical (unpaired) electrons. The van der Waals surface area contributed by atoms with Crippen molar-refractivity contribution in [2.75, 3.05) is 19.0 Å². The van der Waals surface area contributed by atoms with E-state index in [0.717, 1.165) is 12.8 Å². The number of nitriles is 1. The third kappa shape index (κ3) is 3.97. The van der Waals surface area contributed by atoms with E-state index in [1.165, 1.54) is 7.11 Å². The molecule has 0 aromatic heterocycles. The van der Waals surface area contributed by atoms with E-state index in [1.54, 1.807) is 18.2 Å². The Morgan fingerprint density at radius 2 is 2.32 bits per heavy atom. The van der Waals surface area contributed by atoms with Crippen molar-refractivity contribution in [1.29, 1.82) is 5.26 Å². The number of hydrogen-bond acceptors (Lipinski definition) is 4. The summed E-state index contributed by atoms with van der Waals surface area (Å²) in [6.07, 6.45) is 1.65. The summed E-state index contributed by atoms with van der Waals surface area (Å²) in [7, 11) is 1.50. The lowest BCUT2D eigenvalue weighted by atomic mass is 10.0. The monoisotopic (exact) mass is 261 g/mol. The number of amides is 1. The second-order valence-electron chi connectivity index (χ2n) is 4.24. The maximum atomic E-state index is 12.0. The third-order valence-electron chi connectivity index (χ3n) is 2.88. The number of nitrogens with two attached hydrogens (primary N) is 1. The van der Waals surface area contributed by atoms with E-state index in [4.69, 9.17) is 15.7 Å². The normalized spacial score (nSPS) is 11.5. The standard InChI is InChI=1S/C14H19N3O2/c1-3-4-11(9-16)14(18)17-12-6-5-10(8-15)7-13(12)19-2/h5-7,11H,3-4,9,16H2,1-2H3,(H,17,18). The molecule has 0 saturated heterocycles. The lowest BCUT2D eigenvalue weighted by Gasteiger charge is -2.15. The van der Waals surface area contributed by atoms with E-state index in [9.17, 15) is 4.79 Å². The smallest absolute Gasteiger partial charge is 0.228 e. The first-order valence-electron chi connectivity index (χ1n) is 6.25. The number of nitrogens with one attached hydrogen (secondary N) is 1. The van der Waals surface area contributed by atoms with Crippen LogP contribution in [0, 0.1) is 17.2 Å². The average molecular weight is 261 g/mol. The van der Waals surface area contributed by atoms with Gasteiger partial charge < -0.3 is 15.8 Å². The highest BCUT2D eigenvalue weighted by atomic mass is 16.5. The summed E-state index contributed by atoms with van der Waals surface area (Å²) in [5.41, 5.74) is 6.64. The molecule has 0 aliphatic heterocycles. The number of ether oxygens (including phenoxy) is 1. The molecule has 5 heteroatoms. The zero-order valence-electron chi connectivity index (χ0n) is 11.3. The lowest BCUT2D eigenvalue weighted by molar-refractivity contribution is -0.119. The Hall–Kier alpha value is -2.06. The predicted molar refractivity (Wildman–Crippen MR) is 73.8 cm³/mol. The summed E-state index contributed by atoms with van der Waals surface area (Å²) < 4.78 is 5.16. The molecule has 1 amide bonds. The third-order valence-corrected chi connectivity index (χ3v) is 2.88. The molecule has 19 heavy (non-hydrogen) atoms. The van der Waals surface area contributed by atoms with E-state index in [2.05, 4.69) is 5.32 Å². The van der Waals surface area contributed by atoms with Gasteiger partial charge in [0.1, 0.15) is 5.75 Å². The van der Waals surface area contributed by atoms with Crippen LogP contribution >= 0.6 is 0 Å². The Morgan fingerprint density at radius 3 is 2.84 bits per heavy atom. The molecule has 5 nitrogen and oxygen atoms in total. The fourth-order valence-electron chi connectivity index (χ4n) is 1.80. The summed E-state index contributed by atoms with van der Waals surface area (Å²) in [5, 5.41) is 11.6. The van der Waals surface area contributed by atoms with Gasteiger partial charge in [-0.25, -0.2) is 0 Å². The van der Waals surface area contributed by atoms with Gasteiger partial charge in [0.15, 0.2) is 0 Å². The number of methoxy groups -OCH3 is 1. The Balaban J connectivity index is 2.87. The van der Waals surface area contributed by atoms with Crippen LogP contribution in [0.4, 0.5) is 5.69 Å². The molecular formula is C14H19N3O2. The molecule has 1 unspecified atom stereocenters. The minimum atomic E-state index is -0.203. The van der Waals surface area contributed by atoms with E-state index in [0.29, 0.717) is 23.5 Å². The van der Waals surface area contributed by atoms with Gasteiger partial charge in [-0.05, 0) is 18.6 Å². The molecule has 0 aliphatic rings. The van der Waals surface area contributed by atoms with E-state index >= 15 is 0 Å². The van der Waals surface area contributed by atoms with Crippen LogP contribution in [0.1, 0.15) is 25.3 Å². The molecule has 3 N–H and O–H groups in total. The molecule has 1 rings (SSSR count). The number of carbonyl (C=O) groups is 1. The maximum Gasteiger partial charge on any atom is 0.228 e. The Labute approximate surface area is 113 Å². The molecule has 1 aromatic carbocycles. The SMILES string of the molecule is CCCC(CN)C(=O)Nc1ccc(C#N)cc1OC. The second-order valence-corrected chi connectivity index (χ2v) is 4.24. The molecule has 0 bridgehead atoms. The van der Waals surface area contributed by atoms with Crippen molar-refractivity contribution in [3.05, 3.63) is 23.8 Å². The van der Waals surface area contributed by atoms with Crippen LogP contribution in [-0.4, -0.2) is 19.6 Å². The Bertz CT molecular complexity index is 480. The maximum absolute atomic E-state index is 12.0. The molecule has 1 aromatic rings. The number of anilines is 1. The van der Waals surface area contributed by atoms with Crippen LogP contribution in [0.3, 0.4) is 0 Å². The zero-order chi connectivity index (χ0) is 14.3. The first kappa shape index (κ1) is 15.0. The van der Waals surface area contributed by atoms with Crippen LogP contribution < -0.4 is 15.8 Å². The van der Waals surface area contributed by atoms with Crippen molar-refractivity contribution in [3.8, 4) is 11.8 Å². The number of benzene rings is 1. The first-order valence-corrected chi connectivity index (χ1v) is 6.25. The highest BCUT2D eigenvalue weighted by Crippen LogP contribution is 2.26. The molecule has 0 heterocycles. The second kappa shape index (κ2) is 7.39. The first-order chi connectivity index (χ1) is 9.15. The van der Waals surface area contributed by atoms with Crippen molar-refractivity contribution in [1.82, 2.24) is 0 Å². The average Bonchev–Trinajstić information content (AvgIpc) is 2.44. The molecule has 0 spiro atoms. The van der Waals surface area contributed by atoms with E-state index in [-0.39, 0.29) is 11.8 Å². The van der Waals surface area contributed by atoms with Crippen LogP contribution in [0.2, 0.25) is 0 Å². The Morgan fingerprint density at radius 1 is 1.58 bits per heavy atom. The summed E-state index contributed by atoms with van der Waals surface area (Å²) in [4.78, 5) is 12.0.